The average Bonchev–Trinajstić information content (AvgIpc) is 2.80. The van der Waals surface area contributed by atoms with Crippen LogP contribution in [0.15, 0.2) is 73.6 Å². The fourth-order valence-corrected chi connectivity index (χ4v) is 3.73. The van der Waals surface area contributed by atoms with Crippen LogP contribution >= 0.6 is 0 Å². The van der Waals surface area contributed by atoms with Crippen molar-refractivity contribution >= 4 is 17.5 Å². The summed E-state index contributed by atoms with van der Waals surface area (Å²) >= 11 is 0. The Balaban J connectivity index is 1.54. The second-order valence-electron chi connectivity index (χ2n) is 7.39. The number of nitrogens with two attached hydrogens (primary N) is 1. The summed E-state index contributed by atoms with van der Waals surface area (Å²) in [7, 11) is 0. The number of nitrogens with zero attached hydrogens (tertiary/aromatic N) is 3. The van der Waals surface area contributed by atoms with Gasteiger partial charge in [-0.3, -0.25) is 4.79 Å². The number of amides is 1. The predicted octanol–water partition coefficient (Wildman–Crippen LogP) is 4.11. The third-order valence-electron chi connectivity index (χ3n) is 5.25. The summed E-state index contributed by atoms with van der Waals surface area (Å²) in [5, 5.41) is 3.46. The molecule has 7 nitrogen and oxygen atoms in total. The van der Waals surface area contributed by atoms with Crippen LogP contribution in [0.1, 0.15) is 12.8 Å². The van der Waals surface area contributed by atoms with Crippen LogP contribution < -0.4 is 15.8 Å². The van der Waals surface area contributed by atoms with Crippen molar-refractivity contribution in [2.45, 2.75) is 18.9 Å². The van der Waals surface area contributed by atoms with Crippen LogP contribution in [0.4, 0.5) is 11.6 Å². The maximum atomic E-state index is 12.0. The molecule has 0 bridgehead atoms. The Bertz CT molecular complexity index is 1050. The number of hydrogen-bond donors (Lipinski definition) is 2. The smallest absolute Gasteiger partial charge is 0.246 e. The van der Waals surface area contributed by atoms with E-state index in [9.17, 15) is 4.79 Å². The van der Waals surface area contributed by atoms with Gasteiger partial charge < -0.3 is 20.7 Å². The van der Waals surface area contributed by atoms with Crippen LogP contribution in [-0.4, -0.2) is 39.9 Å². The summed E-state index contributed by atoms with van der Waals surface area (Å²) in [4.78, 5) is 22.4. The van der Waals surface area contributed by atoms with Crippen molar-refractivity contribution < 1.29 is 9.53 Å². The van der Waals surface area contributed by atoms with Crippen molar-refractivity contribution in [3.05, 3.63) is 73.6 Å². The first-order chi connectivity index (χ1) is 15.1. The predicted molar refractivity (Wildman–Crippen MR) is 122 cm³/mol. The van der Waals surface area contributed by atoms with Crippen LogP contribution in [0, 0.1) is 0 Å². The maximum absolute atomic E-state index is 12.0. The summed E-state index contributed by atoms with van der Waals surface area (Å²) in [6, 6.07) is 17.4. The van der Waals surface area contributed by atoms with Gasteiger partial charge in [0.1, 0.15) is 29.5 Å². The molecule has 1 aromatic heterocycles. The molecule has 0 radical (unpaired) electrons. The minimum atomic E-state index is -0.0528. The van der Waals surface area contributed by atoms with Crippen molar-refractivity contribution in [1.29, 1.82) is 0 Å². The van der Waals surface area contributed by atoms with E-state index >= 15 is 0 Å². The first kappa shape index (κ1) is 20.4. The molecular formula is C24H25N5O2. The van der Waals surface area contributed by atoms with E-state index in [-0.39, 0.29) is 11.9 Å². The van der Waals surface area contributed by atoms with Crippen molar-refractivity contribution in [3.63, 3.8) is 0 Å². The Morgan fingerprint density at radius 1 is 1.13 bits per heavy atom. The van der Waals surface area contributed by atoms with E-state index in [1.807, 2.05) is 54.6 Å². The van der Waals surface area contributed by atoms with Gasteiger partial charge in [-0.2, -0.15) is 0 Å². The molecule has 1 amide bonds. The summed E-state index contributed by atoms with van der Waals surface area (Å²) in [6.07, 6.45) is 4.66. The normalized spacial score (nSPS) is 15.9. The second-order valence-corrected chi connectivity index (χ2v) is 7.39. The lowest BCUT2D eigenvalue weighted by molar-refractivity contribution is -0.127. The first-order valence-corrected chi connectivity index (χ1v) is 10.3. The van der Waals surface area contributed by atoms with Gasteiger partial charge in [-0.15, -0.1) is 0 Å². The van der Waals surface area contributed by atoms with Crippen LogP contribution in [0.25, 0.3) is 11.1 Å². The molecule has 3 aromatic rings. The molecule has 1 fully saturated rings. The second kappa shape index (κ2) is 9.30. The standard InChI is InChI=1S/C24H25N5O2/c1-2-21(30)29-14-6-7-18(15-29)28-24-22(23(25)26-16-27-24)17-10-12-20(13-11-17)31-19-8-4-3-5-9-19/h2-5,8-13,16,18H,1,6-7,14-15H2,(H3,25,26,27,28)/t18-/m1/s1. The monoisotopic (exact) mass is 415 g/mol. The molecule has 7 heteroatoms. The number of piperidine rings is 1. The van der Waals surface area contributed by atoms with Gasteiger partial charge >= 0.3 is 0 Å². The van der Waals surface area contributed by atoms with E-state index in [1.54, 1.807) is 4.90 Å². The molecule has 0 spiro atoms. The molecule has 1 aliphatic heterocycles. The average molecular weight is 415 g/mol. The van der Waals surface area contributed by atoms with E-state index in [0.717, 1.165) is 42.0 Å². The Morgan fingerprint density at radius 3 is 2.61 bits per heavy atom. The summed E-state index contributed by atoms with van der Waals surface area (Å²) in [6.45, 7) is 4.92. The number of benzene rings is 2. The number of anilines is 2. The number of nitrogen functional groups attached to an aromatic ring is 1. The van der Waals surface area contributed by atoms with Gasteiger partial charge in [-0.1, -0.05) is 36.9 Å². The summed E-state index contributed by atoms with van der Waals surface area (Å²) < 4.78 is 5.87. The van der Waals surface area contributed by atoms with Crippen LogP contribution in [0.5, 0.6) is 11.5 Å². The van der Waals surface area contributed by atoms with Crippen LogP contribution in [0.3, 0.4) is 0 Å². The quantitative estimate of drug-likeness (QED) is 0.589. The first-order valence-electron chi connectivity index (χ1n) is 10.3. The topological polar surface area (TPSA) is 93.4 Å². The molecular weight excluding hydrogens is 390 g/mol. The van der Waals surface area contributed by atoms with Crippen LogP contribution in [-0.2, 0) is 4.79 Å². The number of nitrogens with one attached hydrogen (secondary N) is 1. The lowest BCUT2D eigenvalue weighted by Gasteiger charge is -2.33. The third kappa shape index (κ3) is 4.83. The zero-order chi connectivity index (χ0) is 21.6. The Morgan fingerprint density at radius 2 is 1.87 bits per heavy atom. The number of rotatable bonds is 6. The zero-order valence-electron chi connectivity index (χ0n) is 17.2. The Kier molecular flexibility index (Phi) is 6.12. The Labute approximate surface area is 181 Å². The fraction of sp³-hybridized carbons (Fsp3) is 0.208. The summed E-state index contributed by atoms with van der Waals surface area (Å²) in [5.41, 5.74) is 7.84. The zero-order valence-corrected chi connectivity index (χ0v) is 17.2. The third-order valence-corrected chi connectivity index (χ3v) is 5.25. The molecule has 2 aromatic carbocycles. The highest BCUT2D eigenvalue weighted by molar-refractivity contribution is 5.87. The van der Waals surface area contributed by atoms with E-state index < -0.39 is 0 Å². The SMILES string of the molecule is C=CC(=O)N1CCC[C@@H](Nc2ncnc(N)c2-c2ccc(Oc3ccccc3)cc2)C1. The highest BCUT2D eigenvalue weighted by Gasteiger charge is 2.24. The Hall–Kier alpha value is -3.87. The van der Waals surface area contributed by atoms with Crippen LogP contribution in [0.2, 0.25) is 0 Å². The van der Waals surface area contributed by atoms with E-state index in [2.05, 4.69) is 21.9 Å². The number of likely N-dealkylation sites (tertiary alicyclic amines) is 1. The molecule has 31 heavy (non-hydrogen) atoms. The summed E-state index contributed by atoms with van der Waals surface area (Å²) in [5.74, 6) is 2.50. The number of carbonyl (C=O) groups excluding carboxylic acids is 1. The van der Waals surface area contributed by atoms with Gasteiger partial charge in [0.2, 0.25) is 5.91 Å². The van der Waals surface area contributed by atoms with Gasteiger partial charge in [-0.25, -0.2) is 9.97 Å². The van der Waals surface area contributed by atoms with Gasteiger partial charge in [0, 0.05) is 19.1 Å². The molecule has 0 saturated carbocycles. The molecule has 0 unspecified atom stereocenters. The van der Waals surface area contributed by atoms with E-state index in [0.29, 0.717) is 18.2 Å². The minimum Gasteiger partial charge on any atom is -0.457 e. The molecule has 3 N–H and O–H groups in total. The lowest BCUT2D eigenvalue weighted by atomic mass is 10.0. The van der Waals surface area contributed by atoms with Gasteiger partial charge in [0.05, 0.1) is 5.56 Å². The fourth-order valence-electron chi connectivity index (χ4n) is 3.73. The largest absolute Gasteiger partial charge is 0.457 e. The molecule has 1 saturated heterocycles. The number of carbonyl (C=O) groups is 1. The van der Waals surface area contributed by atoms with Gasteiger partial charge in [-0.05, 0) is 48.7 Å². The molecule has 4 rings (SSSR count). The van der Waals surface area contributed by atoms with Crippen molar-refractivity contribution in [2.24, 2.45) is 0 Å². The highest BCUT2D eigenvalue weighted by atomic mass is 16.5. The van der Waals surface area contributed by atoms with Crippen molar-refractivity contribution in [2.75, 3.05) is 24.1 Å². The number of aromatic nitrogens is 2. The van der Waals surface area contributed by atoms with Gasteiger partial charge in [0.15, 0.2) is 0 Å². The van der Waals surface area contributed by atoms with E-state index in [1.165, 1.54) is 12.4 Å². The molecule has 0 aliphatic carbocycles. The lowest BCUT2D eigenvalue weighted by Crippen LogP contribution is -2.44. The molecule has 1 atom stereocenters. The number of ether oxygens (including phenoxy) is 1. The van der Waals surface area contributed by atoms with Gasteiger partial charge in [0.25, 0.3) is 0 Å². The maximum Gasteiger partial charge on any atom is 0.246 e. The number of hydrogen-bond acceptors (Lipinski definition) is 6. The van der Waals surface area contributed by atoms with Crippen molar-refractivity contribution in [3.8, 4) is 22.6 Å². The molecule has 1 aliphatic rings. The van der Waals surface area contributed by atoms with Crippen molar-refractivity contribution in [1.82, 2.24) is 14.9 Å². The highest BCUT2D eigenvalue weighted by Crippen LogP contribution is 2.33. The molecule has 2 heterocycles. The number of para-hydroxylation sites is 1. The minimum absolute atomic E-state index is 0.0528. The van der Waals surface area contributed by atoms with E-state index in [4.69, 9.17) is 10.5 Å². The molecule has 158 valence electrons.